The molecule has 148 valence electrons. The number of carbonyl (C=O) groups is 2. The van der Waals surface area contributed by atoms with E-state index in [1.165, 1.54) is 18.1 Å². The molecule has 4 aliphatic rings. The number of nitrogens with zero attached hydrogens (tertiary/aromatic N) is 1. The van der Waals surface area contributed by atoms with Crippen molar-refractivity contribution in [2.45, 2.75) is 32.2 Å². The van der Waals surface area contributed by atoms with Crippen molar-refractivity contribution in [1.29, 1.82) is 0 Å². The molecule has 3 aliphatic carbocycles. The summed E-state index contributed by atoms with van der Waals surface area (Å²) in [7, 11) is 0. The molecule has 0 aromatic heterocycles. The first-order valence-electron chi connectivity index (χ1n) is 10.1. The zero-order valence-electron chi connectivity index (χ0n) is 16.6. The lowest BCUT2D eigenvalue weighted by Crippen LogP contribution is -2.56. The molecule has 28 heavy (non-hydrogen) atoms. The minimum absolute atomic E-state index is 0.143. The lowest BCUT2D eigenvalue weighted by Gasteiger charge is -2.41. The molecule has 0 aromatic carbocycles. The average molecular weight is 381 g/mol. The maximum Gasteiger partial charge on any atom is 0.319 e. The number of Topliss-reactive ketones (excluding diaryl/α,β-unsaturated/α-hetero) is 1. The molecule has 1 aliphatic heterocycles. The number of hydrogen-bond acceptors (Lipinski definition) is 5. The van der Waals surface area contributed by atoms with E-state index in [0.29, 0.717) is 26.3 Å². The molecule has 0 radical (unpaired) electrons. The van der Waals surface area contributed by atoms with Crippen LogP contribution in [0.1, 0.15) is 26.7 Å². The Balaban J connectivity index is 1.83. The molecule has 0 aromatic rings. The Morgan fingerprint density at radius 3 is 2.11 bits per heavy atom. The minimum atomic E-state index is -0.849. The van der Waals surface area contributed by atoms with Gasteiger partial charge in [-0.1, -0.05) is 36.5 Å². The van der Waals surface area contributed by atoms with Crippen LogP contribution in [-0.4, -0.2) is 55.1 Å². The van der Waals surface area contributed by atoms with E-state index < -0.39 is 17.4 Å². The summed E-state index contributed by atoms with van der Waals surface area (Å²) >= 11 is 0. The maximum atomic E-state index is 13.0. The van der Waals surface area contributed by atoms with Crippen LogP contribution in [0.2, 0.25) is 0 Å². The van der Waals surface area contributed by atoms with Crippen LogP contribution in [0.15, 0.2) is 58.7 Å². The standard InChI is InChI=1S/C23H27NO4/c1-3-28-22(26)19(16(2)25)23(24-12-14-27-15-13-24)20(17-8-4-5-9-17)21(23)18-10-6-7-11-18/h4-8,10,19H,3,9,11-15H2,1-2H3. The number of esters is 1. The zero-order chi connectivity index (χ0) is 19.7. The molecular weight excluding hydrogens is 354 g/mol. The van der Waals surface area contributed by atoms with Gasteiger partial charge in [0.2, 0.25) is 0 Å². The molecule has 1 heterocycles. The summed E-state index contributed by atoms with van der Waals surface area (Å²) in [5, 5.41) is 0. The van der Waals surface area contributed by atoms with Crippen molar-refractivity contribution in [2.24, 2.45) is 5.92 Å². The van der Waals surface area contributed by atoms with Crippen molar-refractivity contribution in [3.05, 3.63) is 58.7 Å². The lowest BCUT2D eigenvalue weighted by molar-refractivity contribution is -0.155. The highest BCUT2D eigenvalue weighted by molar-refractivity contribution is 6.04. The largest absolute Gasteiger partial charge is 0.465 e. The predicted molar refractivity (Wildman–Crippen MR) is 107 cm³/mol. The number of morpholine rings is 1. The van der Waals surface area contributed by atoms with Crippen LogP contribution in [0, 0.1) is 5.92 Å². The second-order valence-corrected chi connectivity index (χ2v) is 7.56. The normalized spacial score (nSPS) is 24.2. The fraction of sp³-hybridized carbons (Fsp3) is 0.478. The number of allylic oxidation sites excluding steroid dienone is 6. The Morgan fingerprint density at radius 1 is 1.11 bits per heavy atom. The molecule has 0 amide bonds. The van der Waals surface area contributed by atoms with Gasteiger partial charge in [-0.2, -0.15) is 0 Å². The van der Waals surface area contributed by atoms with Gasteiger partial charge in [0.05, 0.1) is 25.4 Å². The fourth-order valence-corrected chi connectivity index (χ4v) is 4.92. The predicted octanol–water partition coefficient (Wildman–Crippen LogP) is 2.91. The van der Waals surface area contributed by atoms with Crippen molar-refractivity contribution in [3.8, 4) is 0 Å². The number of hydrogen-bond donors (Lipinski definition) is 0. The molecule has 0 N–H and O–H groups in total. The lowest BCUT2D eigenvalue weighted by atomic mass is 9.82. The minimum Gasteiger partial charge on any atom is -0.465 e. The van der Waals surface area contributed by atoms with Gasteiger partial charge in [0.25, 0.3) is 0 Å². The first-order chi connectivity index (χ1) is 13.6. The van der Waals surface area contributed by atoms with E-state index in [1.54, 1.807) is 6.92 Å². The first-order valence-corrected chi connectivity index (χ1v) is 10.1. The van der Waals surface area contributed by atoms with Gasteiger partial charge in [-0.25, -0.2) is 0 Å². The Kier molecular flexibility index (Phi) is 5.21. The summed E-state index contributed by atoms with van der Waals surface area (Å²) in [6.45, 7) is 6.15. The van der Waals surface area contributed by atoms with E-state index in [2.05, 4.69) is 41.4 Å². The van der Waals surface area contributed by atoms with Crippen LogP contribution in [-0.2, 0) is 19.1 Å². The summed E-state index contributed by atoms with van der Waals surface area (Å²) in [6, 6.07) is 0. The molecule has 0 bridgehead atoms. The summed E-state index contributed by atoms with van der Waals surface area (Å²) in [6.07, 6.45) is 14.2. The third kappa shape index (κ3) is 2.93. The number of carbonyl (C=O) groups excluding carboxylic acids is 2. The Morgan fingerprint density at radius 2 is 1.68 bits per heavy atom. The molecule has 5 nitrogen and oxygen atoms in total. The highest BCUT2D eigenvalue weighted by Gasteiger charge is 2.67. The van der Waals surface area contributed by atoms with E-state index in [9.17, 15) is 9.59 Å². The van der Waals surface area contributed by atoms with Crippen molar-refractivity contribution >= 4 is 11.8 Å². The van der Waals surface area contributed by atoms with Gasteiger partial charge in [-0.3, -0.25) is 14.5 Å². The van der Waals surface area contributed by atoms with E-state index in [0.717, 1.165) is 24.0 Å². The summed E-state index contributed by atoms with van der Waals surface area (Å²) < 4.78 is 11.0. The van der Waals surface area contributed by atoms with Gasteiger partial charge in [0, 0.05) is 13.1 Å². The van der Waals surface area contributed by atoms with Crippen LogP contribution in [0.4, 0.5) is 0 Å². The molecule has 1 atom stereocenters. The third-order valence-corrected chi connectivity index (χ3v) is 5.99. The first kappa shape index (κ1) is 19.1. The highest BCUT2D eigenvalue weighted by atomic mass is 16.5. The van der Waals surface area contributed by atoms with Gasteiger partial charge in [-0.15, -0.1) is 0 Å². The number of ketones is 1. The van der Waals surface area contributed by atoms with Crippen LogP contribution in [0.25, 0.3) is 0 Å². The summed E-state index contributed by atoms with van der Waals surface area (Å²) in [4.78, 5) is 28.2. The van der Waals surface area contributed by atoms with Gasteiger partial charge in [-0.05, 0) is 49.0 Å². The SMILES string of the molecule is CCOC(=O)C(C(C)=O)C1(N2CCOCC2)C(C2=CC=CC2)=C1C1=CC=CC1. The second kappa shape index (κ2) is 7.64. The summed E-state index contributed by atoms with van der Waals surface area (Å²) in [5.74, 6) is -1.42. The average Bonchev–Trinajstić information content (AvgIpc) is 3.12. The van der Waals surface area contributed by atoms with Crippen molar-refractivity contribution in [3.63, 3.8) is 0 Å². The van der Waals surface area contributed by atoms with Crippen molar-refractivity contribution < 1.29 is 19.1 Å². The molecule has 1 fully saturated rings. The monoisotopic (exact) mass is 381 g/mol. The molecule has 1 unspecified atom stereocenters. The van der Waals surface area contributed by atoms with Crippen molar-refractivity contribution in [1.82, 2.24) is 4.90 Å². The van der Waals surface area contributed by atoms with Gasteiger partial charge >= 0.3 is 5.97 Å². The quantitative estimate of drug-likeness (QED) is 0.501. The molecule has 0 spiro atoms. The highest BCUT2D eigenvalue weighted by Crippen LogP contribution is 2.62. The van der Waals surface area contributed by atoms with Crippen LogP contribution >= 0.6 is 0 Å². The smallest absolute Gasteiger partial charge is 0.319 e. The fourth-order valence-electron chi connectivity index (χ4n) is 4.92. The van der Waals surface area contributed by atoms with Crippen LogP contribution < -0.4 is 0 Å². The van der Waals surface area contributed by atoms with E-state index in [1.807, 2.05) is 0 Å². The van der Waals surface area contributed by atoms with E-state index >= 15 is 0 Å². The Labute approximate surface area is 166 Å². The molecule has 4 rings (SSSR count). The molecular formula is C23H27NO4. The Bertz CT molecular complexity index is 797. The van der Waals surface area contributed by atoms with Gasteiger partial charge in [0.15, 0.2) is 0 Å². The summed E-state index contributed by atoms with van der Waals surface area (Å²) in [5.41, 5.74) is 3.97. The second-order valence-electron chi connectivity index (χ2n) is 7.56. The molecule has 0 saturated carbocycles. The maximum absolute atomic E-state index is 13.0. The van der Waals surface area contributed by atoms with E-state index in [4.69, 9.17) is 9.47 Å². The van der Waals surface area contributed by atoms with Crippen molar-refractivity contribution in [2.75, 3.05) is 32.9 Å². The van der Waals surface area contributed by atoms with Crippen LogP contribution in [0.3, 0.4) is 0 Å². The van der Waals surface area contributed by atoms with Gasteiger partial charge in [0.1, 0.15) is 11.7 Å². The van der Waals surface area contributed by atoms with Crippen LogP contribution in [0.5, 0.6) is 0 Å². The molecule has 5 heteroatoms. The van der Waals surface area contributed by atoms with Gasteiger partial charge < -0.3 is 9.47 Å². The number of rotatable bonds is 7. The topological polar surface area (TPSA) is 55.8 Å². The third-order valence-electron chi connectivity index (χ3n) is 5.99. The number of ether oxygens (including phenoxy) is 2. The molecule has 1 saturated heterocycles. The Hall–Kier alpha value is -2.24. The van der Waals surface area contributed by atoms with E-state index in [-0.39, 0.29) is 12.4 Å². The zero-order valence-corrected chi connectivity index (χ0v) is 16.6.